The van der Waals surface area contributed by atoms with Crippen LogP contribution in [0.3, 0.4) is 0 Å². The number of nitrogens with one attached hydrogen (secondary N) is 1. The smallest absolute Gasteiger partial charge is 0.238 e. The van der Waals surface area contributed by atoms with Gasteiger partial charge in [0.1, 0.15) is 17.9 Å². The highest BCUT2D eigenvalue weighted by atomic mass is 16.5. The van der Waals surface area contributed by atoms with Crippen molar-refractivity contribution in [3.05, 3.63) is 42.4 Å². The van der Waals surface area contributed by atoms with Gasteiger partial charge in [0.2, 0.25) is 5.91 Å². The molecular weight excluding hydrogens is 318 g/mol. The van der Waals surface area contributed by atoms with Gasteiger partial charge in [0.05, 0.1) is 13.7 Å². The summed E-state index contributed by atoms with van der Waals surface area (Å²) in [6, 6.07) is 7.66. The third-order valence-corrected chi connectivity index (χ3v) is 4.42. The van der Waals surface area contributed by atoms with Gasteiger partial charge >= 0.3 is 0 Å². The van der Waals surface area contributed by atoms with Crippen molar-refractivity contribution in [2.75, 3.05) is 44.0 Å². The van der Waals surface area contributed by atoms with Crippen LogP contribution in [-0.2, 0) is 4.79 Å². The van der Waals surface area contributed by atoms with Crippen LogP contribution >= 0.6 is 0 Å². The van der Waals surface area contributed by atoms with Crippen molar-refractivity contribution in [3.63, 3.8) is 0 Å². The van der Waals surface area contributed by atoms with Crippen molar-refractivity contribution in [2.45, 2.75) is 13.0 Å². The molecule has 1 fully saturated rings. The molecule has 0 bridgehead atoms. The molecular formula is C18H23N5O2. The van der Waals surface area contributed by atoms with Gasteiger partial charge in [0.25, 0.3) is 0 Å². The molecule has 0 radical (unpaired) electrons. The summed E-state index contributed by atoms with van der Waals surface area (Å²) < 4.78 is 5.11. The second kappa shape index (κ2) is 7.48. The van der Waals surface area contributed by atoms with Crippen LogP contribution in [0.4, 0.5) is 11.5 Å². The number of hydrogen-bond acceptors (Lipinski definition) is 6. The molecule has 1 N–H and O–H groups in total. The van der Waals surface area contributed by atoms with Crippen molar-refractivity contribution in [1.82, 2.24) is 14.9 Å². The van der Waals surface area contributed by atoms with Gasteiger partial charge in [-0.05, 0) is 38.2 Å². The van der Waals surface area contributed by atoms with Gasteiger partial charge in [0, 0.05) is 36.6 Å². The second-order valence-corrected chi connectivity index (χ2v) is 6.28. The minimum absolute atomic E-state index is 0.0238. The van der Waals surface area contributed by atoms with Crippen molar-refractivity contribution in [1.29, 1.82) is 0 Å². The Morgan fingerprint density at radius 3 is 2.72 bits per heavy atom. The number of hydrogen-bond donors (Lipinski definition) is 1. The van der Waals surface area contributed by atoms with E-state index in [1.165, 1.54) is 0 Å². The maximum atomic E-state index is 12.2. The fourth-order valence-corrected chi connectivity index (χ4v) is 2.86. The molecule has 1 saturated heterocycles. The SMILES string of the molecule is COc1ccc(NC(=O)CN(C)C2CN(c3ncncc3C)C2)cc1. The summed E-state index contributed by atoms with van der Waals surface area (Å²) in [5.41, 5.74) is 1.84. The Morgan fingerprint density at radius 1 is 1.36 bits per heavy atom. The molecule has 0 saturated carbocycles. The summed E-state index contributed by atoms with van der Waals surface area (Å²) in [5, 5.41) is 2.91. The van der Waals surface area contributed by atoms with E-state index in [4.69, 9.17) is 4.74 Å². The first-order chi connectivity index (χ1) is 12.1. The third-order valence-electron chi connectivity index (χ3n) is 4.42. The summed E-state index contributed by atoms with van der Waals surface area (Å²) in [5.74, 6) is 1.72. The number of rotatable bonds is 6. The lowest BCUT2D eigenvalue weighted by Gasteiger charge is -2.44. The van der Waals surface area contributed by atoms with Gasteiger partial charge in [0.15, 0.2) is 0 Å². The summed E-state index contributed by atoms with van der Waals surface area (Å²) in [6.45, 7) is 4.09. The molecule has 0 spiro atoms. The van der Waals surface area contributed by atoms with E-state index in [9.17, 15) is 4.79 Å². The van der Waals surface area contributed by atoms with Crippen molar-refractivity contribution in [3.8, 4) is 5.75 Å². The number of anilines is 2. The Hall–Kier alpha value is -2.67. The number of nitrogens with zero attached hydrogens (tertiary/aromatic N) is 4. The monoisotopic (exact) mass is 341 g/mol. The molecule has 1 aromatic heterocycles. The lowest BCUT2D eigenvalue weighted by atomic mass is 10.1. The third kappa shape index (κ3) is 4.06. The number of carbonyl (C=O) groups is 1. The number of aromatic nitrogens is 2. The van der Waals surface area contributed by atoms with E-state index in [0.29, 0.717) is 12.6 Å². The van der Waals surface area contributed by atoms with Gasteiger partial charge in [-0.25, -0.2) is 9.97 Å². The van der Waals surface area contributed by atoms with Crippen LogP contribution < -0.4 is 15.0 Å². The van der Waals surface area contributed by atoms with Crippen LogP contribution in [0, 0.1) is 6.92 Å². The molecule has 0 atom stereocenters. The van der Waals surface area contributed by atoms with Gasteiger partial charge in [-0.15, -0.1) is 0 Å². The Kier molecular flexibility index (Phi) is 5.14. The van der Waals surface area contributed by atoms with Crippen LogP contribution in [0.15, 0.2) is 36.8 Å². The fourth-order valence-electron chi connectivity index (χ4n) is 2.86. The average Bonchev–Trinajstić information content (AvgIpc) is 2.56. The molecule has 3 rings (SSSR count). The molecule has 1 aliphatic rings. The summed E-state index contributed by atoms with van der Waals surface area (Å²) in [7, 11) is 3.59. The number of benzene rings is 1. The molecule has 2 aromatic rings. The van der Waals surface area contributed by atoms with Gasteiger partial charge in [-0.3, -0.25) is 9.69 Å². The zero-order valence-corrected chi connectivity index (χ0v) is 14.8. The highest BCUT2D eigenvalue weighted by Gasteiger charge is 2.32. The molecule has 1 aliphatic heterocycles. The van der Waals surface area contributed by atoms with Gasteiger partial charge < -0.3 is 15.0 Å². The lowest BCUT2D eigenvalue weighted by molar-refractivity contribution is -0.117. The number of carbonyl (C=O) groups excluding carboxylic acids is 1. The molecule has 25 heavy (non-hydrogen) atoms. The number of methoxy groups -OCH3 is 1. The van der Waals surface area contributed by atoms with Crippen molar-refractivity contribution >= 4 is 17.4 Å². The van der Waals surface area contributed by atoms with Gasteiger partial charge in [-0.1, -0.05) is 0 Å². The fraction of sp³-hybridized carbons (Fsp3) is 0.389. The largest absolute Gasteiger partial charge is 0.497 e. The summed E-state index contributed by atoms with van der Waals surface area (Å²) in [4.78, 5) is 24.8. The molecule has 7 heteroatoms. The zero-order chi connectivity index (χ0) is 17.8. The molecule has 0 unspecified atom stereocenters. The molecule has 2 heterocycles. The van der Waals surface area contributed by atoms with Crippen LogP contribution in [0.1, 0.15) is 5.56 Å². The van der Waals surface area contributed by atoms with E-state index in [1.54, 1.807) is 13.4 Å². The minimum atomic E-state index is -0.0238. The number of ether oxygens (including phenoxy) is 1. The lowest BCUT2D eigenvalue weighted by Crippen LogP contribution is -2.60. The molecule has 132 valence electrons. The Morgan fingerprint density at radius 2 is 2.08 bits per heavy atom. The van der Waals surface area contributed by atoms with E-state index < -0.39 is 0 Å². The van der Waals surface area contributed by atoms with Crippen LogP contribution in [0.2, 0.25) is 0 Å². The highest BCUT2D eigenvalue weighted by molar-refractivity contribution is 5.92. The molecule has 1 aromatic carbocycles. The standard InChI is InChI=1S/C18H23N5O2/c1-13-8-19-12-20-18(13)23-9-15(10-23)22(2)11-17(24)21-14-4-6-16(25-3)7-5-14/h4-8,12,15H,9-11H2,1-3H3,(H,21,24). The Bertz CT molecular complexity index is 729. The first-order valence-electron chi connectivity index (χ1n) is 8.22. The first kappa shape index (κ1) is 17.2. The average molecular weight is 341 g/mol. The molecule has 0 aliphatic carbocycles. The van der Waals surface area contributed by atoms with Crippen LogP contribution in [0.25, 0.3) is 0 Å². The Labute approximate surface area is 147 Å². The predicted molar refractivity (Wildman–Crippen MR) is 97.0 cm³/mol. The molecule has 1 amide bonds. The number of aryl methyl sites for hydroxylation is 1. The Balaban J connectivity index is 1.47. The van der Waals surface area contributed by atoms with E-state index in [1.807, 2.05) is 44.4 Å². The second-order valence-electron chi connectivity index (χ2n) is 6.28. The van der Waals surface area contributed by atoms with Crippen LogP contribution in [0.5, 0.6) is 5.75 Å². The van der Waals surface area contributed by atoms with E-state index in [-0.39, 0.29) is 5.91 Å². The zero-order valence-electron chi connectivity index (χ0n) is 14.8. The van der Waals surface area contributed by atoms with Crippen molar-refractivity contribution in [2.24, 2.45) is 0 Å². The van der Waals surface area contributed by atoms with E-state index in [2.05, 4.69) is 25.1 Å². The quantitative estimate of drug-likeness (QED) is 0.860. The van der Waals surface area contributed by atoms with E-state index >= 15 is 0 Å². The number of likely N-dealkylation sites (N-methyl/N-ethyl adjacent to an activating group) is 1. The minimum Gasteiger partial charge on any atom is -0.497 e. The normalized spacial score (nSPS) is 14.3. The maximum Gasteiger partial charge on any atom is 0.238 e. The predicted octanol–water partition coefficient (Wildman–Crippen LogP) is 1.55. The topological polar surface area (TPSA) is 70.6 Å². The maximum absolute atomic E-state index is 12.2. The summed E-state index contributed by atoms with van der Waals surface area (Å²) >= 11 is 0. The van der Waals surface area contributed by atoms with Crippen LogP contribution in [-0.4, -0.2) is 60.6 Å². The summed E-state index contributed by atoms with van der Waals surface area (Å²) in [6.07, 6.45) is 3.39. The van der Waals surface area contributed by atoms with E-state index in [0.717, 1.165) is 35.9 Å². The first-order valence-corrected chi connectivity index (χ1v) is 8.22. The number of amides is 1. The molecule has 7 nitrogen and oxygen atoms in total. The van der Waals surface area contributed by atoms with Gasteiger partial charge in [-0.2, -0.15) is 0 Å². The highest BCUT2D eigenvalue weighted by Crippen LogP contribution is 2.23. The van der Waals surface area contributed by atoms with Crippen molar-refractivity contribution < 1.29 is 9.53 Å².